The second-order valence-electron chi connectivity index (χ2n) is 6.19. The molecule has 0 fully saturated rings. The average molecular weight is 495 g/mol. The molecule has 0 saturated heterocycles. The van der Waals surface area contributed by atoms with Gasteiger partial charge in [0, 0.05) is 20.4 Å². The minimum Gasteiger partial charge on any atom is -0.504 e. The number of nitrogens with zero attached hydrogens (tertiary/aromatic N) is 3. The third kappa shape index (κ3) is 3.91. The predicted molar refractivity (Wildman–Crippen MR) is 113 cm³/mol. The van der Waals surface area contributed by atoms with Crippen molar-refractivity contribution in [3.05, 3.63) is 61.0 Å². The molecule has 1 aromatic heterocycles. The summed E-state index contributed by atoms with van der Waals surface area (Å²) < 4.78 is 7.87. The van der Waals surface area contributed by atoms with Crippen molar-refractivity contribution in [1.82, 2.24) is 9.66 Å². The fraction of sp³-hybridized carbons (Fsp3) is 0.211. The first-order chi connectivity index (χ1) is 12.8. The van der Waals surface area contributed by atoms with Gasteiger partial charge >= 0.3 is 0 Å². The van der Waals surface area contributed by atoms with Crippen molar-refractivity contribution < 1.29 is 9.84 Å². The quantitative estimate of drug-likeness (QED) is 0.536. The minimum atomic E-state index is -0.247. The summed E-state index contributed by atoms with van der Waals surface area (Å²) in [6.45, 7) is 3.91. The number of aromatic hydroxyl groups is 1. The maximum absolute atomic E-state index is 13.0. The molecule has 27 heavy (non-hydrogen) atoms. The van der Waals surface area contributed by atoms with Crippen LogP contribution in [0.1, 0.15) is 31.2 Å². The topological polar surface area (TPSA) is 76.7 Å². The maximum Gasteiger partial charge on any atom is 0.282 e. The van der Waals surface area contributed by atoms with Gasteiger partial charge in [-0.15, -0.1) is 0 Å². The van der Waals surface area contributed by atoms with Crippen LogP contribution in [0.2, 0.25) is 0 Å². The summed E-state index contributed by atoms with van der Waals surface area (Å²) >= 11 is 6.77. The van der Waals surface area contributed by atoms with Crippen LogP contribution in [-0.4, -0.2) is 28.1 Å². The fourth-order valence-corrected chi connectivity index (χ4v) is 3.39. The number of ether oxygens (including phenoxy) is 1. The van der Waals surface area contributed by atoms with E-state index in [-0.39, 0.29) is 17.2 Å². The molecule has 0 aliphatic carbocycles. The van der Waals surface area contributed by atoms with E-state index in [1.54, 1.807) is 12.1 Å². The highest BCUT2D eigenvalue weighted by atomic mass is 79.9. The largest absolute Gasteiger partial charge is 0.504 e. The third-order valence-electron chi connectivity index (χ3n) is 3.96. The first kappa shape index (κ1) is 19.6. The van der Waals surface area contributed by atoms with Gasteiger partial charge in [-0.05, 0) is 46.3 Å². The lowest BCUT2D eigenvalue weighted by Crippen LogP contribution is -2.23. The Hall–Kier alpha value is -2.19. The van der Waals surface area contributed by atoms with E-state index in [0.717, 1.165) is 4.47 Å². The fourth-order valence-electron chi connectivity index (χ4n) is 2.59. The molecule has 0 bridgehead atoms. The number of phenols is 1. The van der Waals surface area contributed by atoms with Gasteiger partial charge in [0.2, 0.25) is 0 Å². The molecule has 0 unspecified atom stereocenters. The molecule has 0 radical (unpaired) electrons. The van der Waals surface area contributed by atoms with Crippen LogP contribution in [0.3, 0.4) is 0 Å². The van der Waals surface area contributed by atoms with Crippen molar-refractivity contribution in [2.24, 2.45) is 5.10 Å². The molecule has 0 amide bonds. The number of hydrogen-bond donors (Lipinski definition) is 1. The summed E-state index contributed by atoms with van der Waals surface area (Å²) in [5.41, 5.74) is 1.04. The summed E-state index contributed by atoms with van der Waals surface area (Å²) in [6, 6.07) is 8.55. The number of methoxy groups -OCH3 is 1. The standard InChI is InChI=1S/C19H17Br2N3O3/c1-10(2)18-23-15-5-4-12(20)7-13(15)19(26)24(18)22-9-11-6-17(27-3)16(25)8-14(11)21/h4-10,25H,1-3H3. The van der Waals surface area contributed by atoms with Crippen molar-refractivity contribution in [3.8, 4) is 11.5 Å². The second-order valence-corrected chi connectivity index (χ2v) is 7.96. The minimum absolute atomic E-state index is 0.000640. The number of benzene rings is 2. The van der Waals surface area contributed by atoms with Crippen LogP contribution in [0.4, 0.5) is 0 Å². The first-order valence-electron chi connectivity index (χ1n) is 8.15. The van der Waals surface area contributed by atoms with E-state index < -0.39 is 0 Å². The summed E-state index contributed by atoms with van der Waals surface area (Å²) in [7, 11) is 1.47. The highest BCUT2D eigenvalue weighted by Gasteiger charge is 2.14. The van der Waals surface area contributed by atoms with E-state index in [9.17, 15) is 9.90 Å². The van der Waals surface area contributed by atoms with E-state index in [1.807, 2.05) is 26.0 Å². The lowest BCUT2D eigenvalue weighted by atomic mass is 10.2. The van der Waals surface area contributed by atoms with Crippen LogP contribution >= 0.6 is 31.9 Å². The molecule has 0 spiro atoms. The molecule has 3 rings (SSSR count). The molecule has 0 aliphatic heterocycles. The van der Waals surface area contributed by atoms with E-state index in [4.69, 9.17) is 4.74 Å². The number of hydrogen-bond acceptors (Lipinski definition) is 5. The molecule has 140 valence electrons. The Balaban J connectivity index is 2.19. The van der Waals surface area contributed by atoms with Crippen molar-refractivity contribution in [3.63, 3.8) is 0 Å². The molecular formula is C19H17Br2N3O3. The number of aromatic nitrogens is 2. The number of halogens is 2. The van der Waals surface area contributed by atoms with Crippen LogP contribution in [-0.2, 0) is 0 Å². The van der Waals surface area contributed by atoms with Gasteiger partial charge in [0.25, 0.3) is 5.56 Å². The third-order valence-corrected chi connectivity index (χ3v) is 5.14. The molecule has 3 aromatic rings. The van der Waals surface area contributed by atoms with Crippen molar-refractivity contribution in [2.45, 2.75) is 19.8 Å². The zero-order chi connectivity index (χ0) is 19.7. The molecule has 0 aliphatic rings. The normalized spacial score (nSPS) is 11.6. The zero-order valence-electron chi connectivity index (χ0n) is 14.9. The van der Waals surface area contributed by atoms with Gasteiger partial charge in [-0.2, -0.15) is 9.78 Å². The van der Waals surface area contributed by atoms with E-state index >= 15 is 0 Å². The first-order valence-corrected chi connectivity index (χ1v) is 9.73. The monoisotopic (exact) mass is 493 g/mol. The van der Waals surface area contributed by atoms with Gasteiger partial charge in [-0.1, -0.05) is 29.8 Å². The summed E-state index contributed by atoms with van der Waals surface area (Å²) in [5.74, 6) is 0.893. The second kappa shape index (κ2) is 7.82. The molecule has 8 heteroatoms. The summed E-state index contributed by atoms with van der Waals surface area (Å²) in [6.07, 6.45) is 1.53. The van der Waals surface area contributed by atoms with Gasteiger partial charge in [0.05, 0.1) is 24.2 Å². The highest BCUT2D eigenvalue weighted by molar-refractivity contribution is 9.10. The SMILES string of the molecule is COc1cc(C=Nn2c(C(C)C)nc3ccc(Br)cc3c2=O)c(Br)cc1O. The molecule has 2 aromatic carbocycles. The Kier molecular flexibility index (Phi) is 5.67. The van der Waals surface area contributed by atoms with E-state index in [2.05, 4.69) is 41.9 Å². The lowest BCUT2D eigenvalue weighted by Gasteiger charge is -2.12. The van der Waals surface area contributed by atoms with Crippen molar-refractivity contribution in [2.75, 3.05) is 7.11 Å². The number of fused-ring (bicyclic) bond motifs is 1. The molecule has 0 saturated carbocycles. The predicted octanol–water partition coefficient (Wildman–Crippen LogP) is 4.64. The molecule has 6 nitrogen and oxygen atoms in total. The number of phenolic OH excluding ortho intramolecular Hbond substituents is 1. The Morgan fingerprint density at radius 3 is 2.67 bits per heavy atom. The van der Waals surface area contributed by atoms with E-state index in [0.29, 0.717) is 32.5 Å². The zero-order valence-corrected chi connectivity index (χ0v) is 18.1. The van der Waals surface area contributed by atoms with E-state index in [1.165, 1.54) is 24.1 Å². The van der Waals surface area contributed by atoms with Crippen molar-refractivity contribution in [1.29, 1.82) is 0 Å². The van der Waals surface area contributed by atoms with Gasteiger partial charge in [-0.3, -0.25) is 4.79 Å². The maximum atomic E-state index is 13.0. The Bertz CT molecular complexity index is 1110. The number of rotatable bonds is 4. The molecule has 0 atom stereocenters. The van der Waals surface area contributed by atoms with Gasteiger partial charge < -0.3 is 9.84 Å². The van der Waals surface area contributed by atoms with Gasteiger partial charge in [0.1, 0.15) is 5.82 Å². The average Bonchev–Trinajstić information content (AvgIpc) is 2.62. The van der Waals surface area contributed by atoms with Gasteiger partial charge in [-0.25, -0.2) is 4.98 Å². The summed E-state index contributed by atoms with van der Waals surface area (Å²) in [5, 5.41) is 14.7. The van der Waals surface area contributed by atoms with Gasteiger partial charge in [0.15, 0.2) is 11.5 Å². The van der Waals surface area contributed by atoms with Crippen molar-refractivity contribution >= 4 is 49.0 Å². The van der Waals surface area contributed by atoms with Crippen LogP contribution < -0.4 is 10.3 Å². The smallest absolute Gasteiger partial charge is 0.282 e. The Labute approximate surface area is 172 Å². The molecule has 1 heterocycles. The van der Waals surface area contributed by atoms with Crippen LogP contribution in [0.5, 0.6) is 11.5 Å². The van der Waals surface area contributed by atoms with Crippen LogP contribution in [0.15, 0.2) is 49.2 Å². The Morgan fingerprint density at radius 2 is 2.00 bits per heavy atom. The highest BCUT2D eigenvalue weighted by Crippen LogP contribution is 2.31. The van der Waals surface area contributed by atoms with Crippen LogP contribution in [0, 0.1) is 0 Å². The Morgan fingerprint density at radius 1 is 1.26 bits per heavy atom. The molecule has 1 N–H and O–H groups in total. The van der Waals surface area contributed by atoms with Crippen LogP contribution in [0.25, 0.3) is 10.9 Å². The molecular weight excluding hydrogens is 478 g/mol. The lowest BCUT2D eigenvalue weighted by molar-refractivity contribution is 0.373. The summed E-state index contributed by atoms with van der Waals surface area (Å²) in [4.78, 5) is 17.6.